The number of carbonyl (C=O) groups excluding carboxylic acids is 2. The molecule has 1 N–H and O–H groups in total. The monoisotopic (exact) mass is 409 g/mol. The maximum atomic E-state index is 13.6. The zero-order valence-corrected chi connectivity index (χ0v) is 17.2. The number of para-hydroxylation sites is 1. The lowest BCUT2D eigenvalue weighted by atomic mass is 9.87. The fraction of sp³-hybridized carbons (Fsp3) is 0.269. The predicted octanol–water partition coefficient (Wildman–Crippen LogP) is 4.55. The van der Waals surface area contributed by atoms with Gasteiger partial charge >= 0.3 is 0 Å². The third-order valence-corrected chi connectivity index (χ3v) is 6.89. The zero-order chi connectivity index (χ0) is 20.9. The second-order valence-corrected chi connectivity index (χ2v) is 8.68. The van der Waals surface area contributed by atoms with E-state index in [0.717, 1.165) is 47.5 Å². The van der Waals surface area contributed by atoms with E-state index in [-0.39, 0.29) is 17.6 Å². The molecule has 1 aliphatic carbocycles. The van der Waals surface area contributed by atoms with Crippen LogP contribution >= 0.6 is 0 Å². The molecule has 1 fully saturated rings. The summed E-state index contributed by atoms with van der Waals surface area (Å²) in [6.45, 7) is 1.11. The van der Waals surface area contributed by atoms with Crippen LogP contribution in [0.15, 0.2) is 54.6 Å². The number of aryl methyl sites for hydroxylation is 2. The molecule has 0 saturated carbocycles. The van der Waals surface area contributed by atoms with Gasteiger partial charge in [0, 0.05) is 30.0 Å². The topological polar surface area (TPSA) is 66.1 Å². The molecule has 3 aromatic carbocycles. The van der Waals surface area contributed by atoms with Gasteiger partial charge in [-0.2, -0.15) is 5.10 Å². The zero-order valence-electron chi connectivity index (χ0n) is 17.2. The standard InChI is InChI=1S/C26H23N3O2/c30-25(20-13-12-17-11-10-16-5-3-8-19(20)23(16)17)18-6-4-14-29(15-18)26(31)24-21-7-1-2-9-22(21)27-28-24/h1-3,5,7-9,12-13,18H,4,6,10-11,14-15H2,(H,27,28)/t18-/m1/s1. The number of benzene rings is 3. The Bertz CT molecular complexity index is 1340. The van der Waals surface area contributed by atoms with Crippen LogP contribution in [0.2, 0.25) is 0 Å². The van der Waals surface area contributed by atoms with Crippen LogP contribution in [-0.4, -0.2) is 39.9 Å². The van der Waals surface area contributed by atoms with Crippen LogP contribution in [-0.2, 0) is 12.8 Å². The van der Waals surface area contributed by atoms with Crippen molar-refractivity contribution in [3.05, 3.63) is 77.0 Å². The molecule has 1 aromatic heterocycles. The molecule has 154 valence electrons. The van der Waals surface area contributed by atoms with E-state index >= 15 is 0 Å². The van der Waals surface area contributed by atoms with Crippen LogP contribution in [0.25, 0.3) is 21.7 Å². The van der Waals surface area contributed by atoms with E-state index < -0.39 is 0 Å². The summed E-state index contributed by atoms with van der Waals surface area (Å²) < 4.78 is 0. The average Bonchev–Trinajstić information content (AvgIpc) is 3.44. The molecule has 0 radical (unpaired) electrons. The van der Waals surface area contributed by atoms with Crippen LogP contribution in [0.3, 0.4) is 0 Å². The van der Waals surface area contributed by atoms with Gasteiger partial charge in [-0.25, -0.2) is 0 Å². The van der Waals surface area contributed by atoms with E-state index in [2.05, 4.69) is 34.5 Å². The van der Waals surface area contributed by atoms with Gasteiger partial charge < -0.3 is 4.90 Å². The number of aromatic nitrogens is 2. The Kier molecular flexibility index (Phi) is 4.16. The molecule has 5 heteroatoms. The highest BCUT2D eigenvalue weighted by atomic mass is 16.2. The number of rotatable bonds is 3. The number of likely N-dealkylation sites (tertiary alicyclic amines) is 1. The quantitative estimate of drug-likeness (QED) is 0.505. The van der Waals surface area contributed by atoms with E-state index in [4.69, 9.17) is 0 Å². The number of piperidine rings is 1. The lowest BCUT2D eigenvalue weighted by molar-refractivity contribution is 0.0634. The second-order valence-electron chi connectivity index (χ2n) is 8.68. The number of nitrogens with zero attached hydrogens (tertiary/aromatic N) is 2. The van der Waals surface area contributed by atoms with E-state index in [1.165, 1.54) is 16.5 Å². The van der Waals surface area contributed by atoms with Crippen molar-refractivity contribution in [2.75, 3.05) is 13.1 Å². The average molecular weight is 409 g/mol. The molecule has 6 rings (SSSR count). The third-order valence-electron chi connectivity index (χ3n) is 6.89. The van der Waals surface area contributed by atoms with Crippen molar-refractivity contribution in [1.82, 2.24) is 15.1 Å². The van der Waals surface area contributed by atoms with Crippen molar-refractivity contribution < 1.29 is 9.59 Å². The van der Waals surface area contributed by atoms with E-state index in [1.807, 2.05) is 30.3 Å². The van der Waals surface area contributed by atoms with Gasteiger partial charge in [-0.15, -0.1) is 0 Å². The molecule has 0 unspecified atom stereocenters. The fourth-order valence-corrected chi connectivity index (χ4v) is 5.33. The molecule has 0 spiro atoms. The first kappa shape index (κ1) is 18.3. The number of hydrogen-bond donors (Lipinski definition) is 1. The van der Waals surface area contributed by atoms with Gasteiger partial charge in [0.15, 0.2) is 11.5 Å². The summed E-state index contributed by atoms with van der Waals surface area (Å²) >= 11 is 0. The van der Waals surface area contributed by atoms with Gasteiger partial charge in [-0.3, -0.25) is 14.7 Å². The number of H-pyrrole nitrogens is 1. The van der Waals surface area contributed by atoms with Gasteiger partial charge in [0.1, 0.15) is 0 Å². The molecular formula is C26H23N3O2. The number of ketones is 1. The molecule has 1 saturated heterocycles. The van der Waals surface area contributed by atoms with Crippen molar-refractivity contribution in [3.8, 4) is 0 Å². The predicted molar refractivity (Wildman–Crippen MR) is 120 cm³/mol. The van der Waals surface area contributed by atoms with Crippen LogP contribution in [0, 0.1) is 5.92 Å². The Morgan fingerprint density at radius 3 is 2.65 bits per heavy atom. The van der Waals surface area contributed by atoms with Crippen molar-refractivity contribution in [2.45, 2.75) is 25.7 Å². The normalized spacial score (nSPS) is 18.1. The van der Waals surface area contributed by atoms with E-state index in [9.17, 15) is 9.59 Å². The molecule has 0 bridgehead atoms. The maximum Gasteiger partial charge on any atom is 0.275 e. The Morgan fingerprint density at radius 2 is 1.74 bits per heavy atom. The van der Waals surface area contributed by atoms with Gasteiger partial charge in [0.05, 0.1) is 5.52 Å². The molecule has 4 aromatic rings. The number of fused-ring (bicyclic) bond motifs is 1. The minimum absolute atomic E-state index is 0.102. The van der Waals surface area contributed by atoms with Crippen molar-refractivity contribution >= 4 is 33.4 Å². The summed E-state index contributed by atoms with van der Waals surface area (Å²) in [6, 6.07) is 18.1. The SMILES string of the molecule is O=C(c1ccc2c3c(cccc13)CC2)[C@@H]1CCCN(C(=O)c2n[nH]c3ccccc23)C1. The van der Waals surface area contributed by atoms with Crippen molar-refractivity contribution in [2.24, 2.45) is 5.92 Å². The van der Waals surface area contributed by atoms with E-state index in [1.54, 1.807) is 4.90 Å². The Hall–Kier alpha value is -3.47. The molecule has 5 nitrogen and oxygen atoms in total. The summed E-state index contributed by atoms with van der Waals surface area (Å²) in [5.74, 6) is -0.128. The summed E-state index contributed by atoms with van der Waals surface area (Å²) in [5, 5.41) is 10.4. The minimum Gasteiger partial charge on any atom is -0.336 e. The molecule has 1 atom stereocenters. The Labute approximate surface area is 180 Å². The molecule has 31 heavy (non-hydrogen) atoms. The third kappa shape index (κ3) is 2.87. The van der Waals surface area contributed by atoms with Gasteiger partial charge in [-0.05, 0) is 53.6 Å². The highest BCUT2D eigenvalue weighted by Crippen LogP contribution is 2.34. The summed E-state index contributed by atoms with van der Waals surface area (Å²) in [5.41, 5.74) is 4.77. The minimum atomic E-state index is -0.179. The highest BCUT2D eigenvalue weighted by molar-refractivity contribution is 6.11. The lowest BCUT2D eigenvalue weighted by Crippen LogP contribution is -2.42. The van der Waals surface area contributed by atoms with Gasteiger partial charge in [0.25, 0.3) is 5.91 Å². The van der Waals surface area contributed by atoms with E-state index in [0.29, 0.717) is 18.8 Å². The molecule has 2 heterocycles. The van der Waals surface area contributed by atoms with Crippen LogP contribution in [0.4, 0.5) is 0 Å². The van der Waals surface area contributed by atoms with Crippen LogP contribution < -0.4 is 0 Å². The second kappa shape index (κ2) is 7.05. The largest absolute Gasteiger partial charge is 0.336 e. The number of nitrogens with one attached hydrogen (secondary N) is 1. The smallest absolute Gasteiger partial charge is 0.275 e. The Morgan fingerprint density at radius 1 is 0.935 bits per heavy atom. The van der Waals surface area contributed by atoms with Crippen LogP contribution in [0.1, 0.15) is 44.8 Å². The summed E-state index contributed by atoms with van der Waals surface area (Å²) in [7, 11) is 0. The first-order chi connectivity index (χ1) is 15.2. The lowest BCUT2D eigenvalue weighted by Gasteiger charge is -2.32. The summed E-state index contributed by atoms with van der Waals surface area (Å²) in [6.07, 6.45) is 3.74. The summed E-state index contributed by atoms with van der Waals surface area (Å²) in [4.78, 5) is 28.6. The van der Waals surface area contributed by atoms with Crippen LogP contribution in [0.5, 0.6) is 0 Å². The van der Waals surface area contributed by atoms with Crippen molar-refractivity contribution in [3.63, 3.8) is 0 Å². The number of aromatic amines is 1. The number of amides is 1. The number of Topliss-reactive ketones (excluding diaryl/α,β-unsaturated/α-hetero) is 1. The number of hydrogen-bond acceptors (Lipinski definition) is 3. The van der Waals surface area contributed by atoms with Gasteiger partial charge in [-0.1, -0.05) is 48.5 Å². The molecular weight excluding hydrogens is 386 g/mol. The van der Waals surface area contributed by atoms with Crippen molar-refractivity contribution in [1.29, 1.82) is 0 Å². The molecule has 2 aliphatic rings. The Balaban J connectivity index is 1.30. The maximum absolute atomic E-state index is 13.6. The van der Waals surface area contributed by atoms with Gasteiger partial charge in [0.2, 0.25) is 0 Å². The molecule has 1 amide bonds. The highest BCUT2D eigenvalue weighted by Gasteiger charge is 2.32. The fourth-order valence-electron chi connectivity index (χ4n) is 5.33. The number of carbonyl (C=O) groups is 2. The first-order valence-electron chi connectivity index (χ1n) is 11.0. The molecule has 1 aliphatic heterocycles. The first-order valence-corrected chi connectivity index (χ1v) is 11.0.